The third kappa shape index (κ3) is 6.97. The van der Waals surface area contributed by atoms with Gasteiger partial charge in [0.15, 0.2) is 0 Å². The number of likely N-dealkylation sites (tertiary alicyclic amines) is 1. The van der Waals surface area contributed by atoms with Crippen LogP contribution in [0.3, 0.4) is 0 Å². The molecule has 24 heavy (non-hydrogen) atoms. The molecular formula is C12H24N4O7S. The third-order valence-corrected chi connectivity index (χ3v) is 3.90. The van der Waals surface area contributed by atoms with Crippen molar-refractivity contribution in [2.45, 2.75) is 45.2 Å². The van der Waals surface area contributed by atoms with Crippen molar-refractivity contribution in [3.05, 3.63) is 0 Å². The summed E-state index contributed by atoms with van der Waals surface area (Å²) in [6.45, 7) is 4.18. The molecule has 1 aliphatic heterocycles. The van der Waals surface area contributed by atoms with Crippen molar-refractivity contribution in [2.24, 2.45) is 11.7 Å². The Morgan fingerprint density at radius 1 is 1.33 bits per heavy atom. The van der Waals surface area contributed by atoms with Crippen LogP contribution in [-0.2, 0) is 24.3 Å². The molecule has 12 heteroatoms. The lowest BCUT2D eigenvalue weighted by atomic mass is 10.0. The SMILES string of the molecule is CC(C)C(N)CONC(=O)[C@@H]1CCCCN1C(=O)NOS(=O)(=O)O. The van der Waals surface area contributed by atoms with Gasteiger partial charge in [-0.3, -0.25) is 14.2 Å². The highest BCUT2D eigenvalue weighted by molar-refractivity contribution is 7.80. The summed E-state index contributed by atoms with van der Waals surface area (Å²) in [4.78, 5) is 30.2. The number of hydroxylamine groups is 2. The highest BCUT2D eigenvalue weighted by Gasteiger charge is 2.33. The molecular weight excluding hydrogens is 344 g/mol. The number of nitrogens with zero attached hydrogens (tertiary/aromatic N) is 1. The summed E-state index contributed by atoms with van der Waals surface area (Å²) in [5, 5.41) is 0. The number of rotatable bonds is 7. The van der Waals surface area contributed by atoms with Crippen LogP contribution < -0.4 is 16.7 Å². The normalized spacial score (nSPS) is 19.9. The maximum absolute atomic E-state index is 12.2. The summed E-state index contributed by atoms with van der Waals surface area (Å²) in [7, 11) is -4.83. The molecule has 11 nitrogen and oxygen atoms in total. The van der Waals surface area contributed by atoms with Crippen LogP contribution in [0.15, 0.2) is 0 Å². The molecule has 0 aromatic rings. The van der Waals surface area contributed by atoms with Crippen LogP contribution in [-0.4, -0.2) is 55.0 Å². The molecule has 1 rings (SSSR count). The second kappa shape index (κ2) is 9.13. The Hall–Kier alpha value is -1.47. The Morgan fingerprint density at radius 2 is 2.00 bits per heavy atom. The molecule has 3 amide bonds. The van der Waals surface area contributed by atoms with E-state index >= 15 is 0 Å². The van der Waals surface area contributed by atoms with Crippen LogP contribution in [0.5, 0.6) is 0 Å². The smallest absolute Gasteiger partial charge is 0.325 e. The van der Waals surface area contributed by atoms with Gasteiger partial charge in [-0.2, -0.15) is 13.9 Å². The second-order valence-corrected chi connectivity index (χ2v) is 6.83. The highest BCUT2D eigenvalue weighted by Crippen LogP contribution is 2.17. The van der Waals surface area contributed by atoms with E-state index < -0.39 is 28.4 Å². The van der Waals surface area contributed by atoms with E-state index in [1.807, 2.05) is 13.8 Å². The fourth-order valence-electron chi connectivity index (χ4n) is 2.06. The Bertz CT molecular complexity index is 540. The zero-order chi connectivity index (χ0) is 18.3. The Kier molecular flexibility index (Phi) is 7.83. The second-order valence-electron chi connectivity index (χ2n) is 5.81. The molecule has 0 spiro atoms. The first-order valence-electron chi connectivity index (χ1n) is 7.51. The van der Waals surface area contributed by atoms with Crippen LogP contribution in [0, 0.1) is 5.92 Å². The standard InChI is InChI=1S/C12H24N4O7S/c1-8(2)9(13)7-22-14-11(17)10-5-3-4-6-16(10)12(18)15-23-24(19,20)21/h8-10H,3-7,13H2,1-2H3,(H,14,17)(H,15,18)(H,19,20,21)/t9?,10-/m0/s1. The van der Waals surface area contributed by atoms with Gasteiger partial charge in [-0.05, 0) is 25.2 Å². The fraction of sp³-hybridized carbons (Fsp3) is 0.833. The number of nitrogens with two attached hydrogens (primary N) is 1. The minimum atomic E-state index is -4.83. The number of hydrogen-bond acceptors (Lipinski definition) is 7. The summed E-state index contributed by atoms with van der Waals surface area (Å²) in [6.07, 6.45) is 1.74. The van der Waals surface area contributed by atoms with E-state index in [-0.39, 0.29) is 25.1 Å². The first kappa shape index (κ1) is 20.6. The summed E-state index contributed by atoms with van der Waals surface area (Å²) < 4.78 is 33.2. The van der Waals surface area contributed by atoms with Crippen LogP contribution in [0.2, 0.25) is 0 Å². The molecule has 5 N–H and O–H groups in total. The van der Waals surface area contributed by atoms with Gasteiger partial charge in [-0.15, -0.1) is 4.28 Å². The zero-order valence-corrected chi connectivity index (χ0v) is 14.4. The number of amides is 3. The van der Waals surface area contributed by atoms with Crippen LogP contribution in [0.25, 0.3) is 0 Å². The number of hydrogen-bond donors (Lipinski definition) is 4. The quantitative estimate of drug-likeness (QED) is 0.339. The van der Waals surface area contributed by atoms with Gasteiger partial charge >= 0.3 is 16.4 Å². The molecule has 140 valence electrons. The third-order valence-electron chi connectivity index (χ3n) is 3.61. The lowest BCUT2D eigenvalue weighted by Crippen LogP contribution is -2.55. The zero-order valence-electron chi connectivity index (χ0n) is 13.6. The lowest BCUT2D eigenvalue weighted by Gasteiger charge is -2.33. The number of urea groups is 1. The Labute approximate surface area is 140 Å². The molecule has 0 bridgehead atoms. The first-order valence-corrected chi connectivity index (χ1v) is 8.88. The topological polar surface area (TPSA) is 160 Å². The Balaban J connectivity index is 2.55. The number of carbonyl (C=O) groups excluding carboxylic acids is 2. The van der Waals surface area contributed by atoms with Crippen molar-refractivity contribution in [1.82, 2.24) is 15.9 Å². The molecule has 0 aromatic carbocycles. The summed E-state index contributed by atoms with van der Waals surface area (Å²) >= 11 is 0. The van der Waals surface area contributed by atoms with Crippen molar-refractivity contribution in [3.8, 4) is 0 Å². The molecule has 1 unspecified atom stereocenters. The summed E-state index contributed by atoms with van der Waals surface area (Å²) in [5.41, 5.74) is 9.61. The Morgan fingerprint density at radius 3 is 2.58 bits per heavy atom. The van der Waals surface area contributed by atoms with Crippen molar-refractivity contribution < 1.29 is 31.7 Å². The van der Waals surface area contributed by atoms with Crippen molar-refractivity contribution in [2.75, 3.05) is 13.2 Å². The van der Waals surface area contributed by atoms with E-state index in [0.29, 0.717) is 19.3 Å². The van der Waals surface area contributed by atoms with Crippen molar-refractivity contribution in [1.29, 1.82) is 0 Å². The van der Waals surface area contributed by atoms with E-state index in [1.165, 1.54) is 0 Å². The largest absolute Gasteiger partial charge is 0.418 e. The average Bonchev–Trinajstić information content (AvgIpc) is 2.51. The number of carbonyl (C=O) groups is 2. The molecule has 1 heterocycles. The van der Waals surface area contributed by atoms with Gasteiger partial charge < -0.3 is 10.6 Å². The molecule has 1 aliphatic rings. The van der Waals surface area contributed by atoms with Crippen LogP contribution in [0.4, 0.5) is 4.79 Å². The molecule has 2 atom stereocenters. The summed E-state index contributed by atoms with van der Waals surface area (Å²) in [5.74, 6) is -0.371. The molecule has 0 radical (unpaired) electrons. The van der Waals surface area contributed by atoms with Gasteiger partial charge in [0.1, 0.15) is 6.04 Å². The lowest BCUT2D eigenvalue weighted by molar-refractivity contribution is -0.140. The first-order chi connectivity index (χ1) is 11.1. The minimum Gasteiger partial charge on any atom is -0.325 e. The van der Waals surface area contributed by atoms with Gasteiger partial charge in [0.25, 0.3) is 5.91 Å². The fourth-order valence-corrected chi connectivity index (χ4v) is 2.24. The molecule has 1 saturated heterocycles. The van der Waals surface area contributed by atoms with Crippen LogP contribution >= 0.6 is 0 Å². The highest BCUT2D eigenvalue weighted by atomic mass is 32.3. The van der Waals surface area contributed by atoms with Crippen molar-refractivity contribution >= 4 is 22.3 Å². The molecule has 1 fully saturated rings. The monoisotopic (exact) mass is 368 g/mol. The van der Waals surface area contributed by atoms with Gasteiger partial charge in [0, 0.05) is 12.6 Å². The van der Waals surface area contributed by atoms with Gasteiger partial charge in [0.05, 0.1) is 6.61 Å². The maximum Gasteiger partial charge on any atom is 0.418 e. The molecule has 0 aliphatic carbocycles. The van der Waals surface area contributed by atoms with Crippen molar-refractivity contribution in [3.63, 3.8) is 0 Å². The summed E-state index contributed by atoms with van der Waals surface area (Å²) in [6, 6.07) is -2.05. The van der Waals surface area contributed by atoms with Gasteiger partial charge in [-0.1, -0.05) is 13.8 Å². The van der Waals surface area contributed by atoms with E-state index in [0.717, 1.165) is 4.90 Å². The average molecular weight is 368 g/mol. The van der Waals surface area contributed by atoms with E-state index in [9.17, 15) is 18.0 Å². The van der Waals surface area contributed by atoms with E-state index in [2.05, 4.69) is 9.76 Å². The van der Waals surface area contributed by atoms with Gasteiger partial charge in [0.2, 0.25) is 0 Å². The van der Waals surface area contributed by atoms with Crippen LogP contribution in [0.1, 0.15) is 33.1 Å². The predicted octanol–water partition coefficient (Wildman–Crippen LogP) is -0.684. The van der Waals surface area contributed by atoms with Gasteiger partial charge in [-0.25, -0.2) is 10.3 Å². The number of nitrogens with one attached hydrogen (secondary N) is 2. The molecule has 0 saturated carbocycles. The van der Waals surface area contributed by atoms with E-state index in [4.69, 9.17) is 15.1 Å². The number of piperidine rings is 1. The molecule has 0 aromatic heterocycles. The maximum atomic E-state index is 12.2. The minimum absolute atomic E-state index is 0.119. The van der Waals surface area contributed by atoms with E-state index in [1.54, 1.807) is 5.48 Å². The predicted molar refractivity (Wildman–Crippen MR) is 82.4 cm³/mol.